The smallest absolute Gasteiger partial charge is 0.257 e. The number of nitrogens with zero attached hydrogens (tertiary/aromatic N) is 1. The van der Waals surface area contributed by atoms with Crippen molar-refractivity contribution < 1.29 is 13.9 Å². The van der Waals surface area contributed by atoms with Gasteiger partial charge in [-0.3, -0.25) is 14.5 Å². The molecule has 3 aromatic rings. The number of hydrogen-bond donors (Lipinski definition) is 2. The van der Waals surface area contributed by atoms with E-state index >= 15 is 0 Å². The first kappa shape index (κ1) is 20.5. The number of amides is 1. The van der Waals surface area contributed by atoms with E-state index in [0.29, 0.717) is 30.3 Å². The maximum absolute atomic E-state index is 14.6. The fourth-order valence-corrected chi connectivity index (χ4v) is 3.63. The van der Waals surface area contributed by atoms with Crippen molar-refractivity contribution in [3.63, 3.8) is 0 Å². The van der Waals surface area contributed by atoms with E-state index in [2.05, 4.69) is 15.2 Å². The Bertz CT molecular complexity index is 1120. The zero-order valence-corrected chi connectivity index (χ0v) is 17.0. The third kappa shape index (κ3) is 4.53. The van der Waals surface area contributed by atoms with Crippen LogP contribution in [0.15, 0.2) is 47.4 Å². The average molecular weight is 430 g/mol. The highest BCUT2D eigenvalue weighted by Crippen LogP contribution is 2.18. The van der Waals surface area contributed by atoms with Crippen LogP contribution in [0, 0.1) is 5.82 Å². The molecule has 2 aromatic carbocycles. The second-order valence-corrected chi connectivity index (χ2v) is 7.67. The largest absolute Gasteiger partial charge is 0.379 e. The zero-order chi connectivity index (χ0) is 21.1. The van der Waals surface area contributed by atoms with Crippen LogP contribution in [0.2, 0.25) is 5.02 Å². The SMILES string of the molecule is O=C(NCc1ccc(Cl)cc1)c1c[nH]c2c(F)cc(CN3CCOCC3)cc2c1=O. The first-order valence-corrected chi connectivity index (χ1v) is 10.1. The highest BCUT2D eigenvalue weighted by molar-refractivity contribution is 6.30. The lowest BCUT2D eigenvalue weighted by Gasteiger charge is -2.26. The van der Waals surface area contributed by atoms with Gasteiger partial charge in [-0.25, -0.2) is 4.39 Å². The van der Waals surface area contributed by atoms with E-state index in [9.17, 15) is 14.0 Å². The fraction of sp³-hybridized carbons (Fsp3) is 0.273. The van der Waals surface area contributed by atoms with Gasteiger partial charge in [0, 0.05) is 42.8 Å². The normalized spacial score (nSPS) is 14.7. The van der Waals surface area contributed by atoms with Crippen molar-refractivity contribution in [2.75, 3.05) is 26.3 Å². The number of carbonyl (C=O) groups excluding carboxylic acids is 1. The molecule has 1 aromatic heterocycles. The quantitative estimate of drug-likeness (QED) is 0.653. The summed E-state index contributed by atoms with van der Waals surface area (Å²) in [6.45, 7) is 3.54. The van der Waals surface area contributed by atoms with Gasteiger partial charge in [-0.1, -0.05) is 23.7 Å². The van der Waals surface area contributed by atoms with Crippen LogP contribution in [-0.2, 0) is 17.8 Å². The van der Waals surface area contributed by atoms with Crippen LogP contribution < -0.4 is 10.7 Å². The molecule has 1 amide bonds. The summed E-state index contributed by atoms with van der Waals surface area (Å²) in [6, 6.07) is 10.1. The van der Waals surface area contributed by atoms with Gasteiger partial charge in [0.05, 0.1) is 18.7 Å². The first-order valence-electron chi connectivity index (χ1n) is 9.68. The van der Waals surface area contributed by atoms with E-state index in [4.69, 9.17) is 16.3 Å². The number of hydrogen-bond acceptors (Lipinski definition) is 4. The van der Waals surface area contributed by atoms with Crippen molar-refractivity contribution in [3.8, 4) is 0 Å². The van der Waals surface area contributed by atoms with E-state index in [-0.39, 0.29) is 23.0 Å². The predicted molar refractivity (Wildman–Crippen MR) is 113 cm³/mol. The van der Waals surface area contributed by atoms with Gasteiger partial charge < -0.3 is 15.0 Å². The van der Waals surface area contributed by atoms with Gasteiger partial charge in [0.1, 0.15) is 11.4 Å². The Hall–Kier alpha value is -2.74. The summed E-state index contributed by atoms with van der Waals surface area (Å²) in [7, 11) is 0. The summed E-state index contributed by atoms with van der Waals surface area (Å²) >= 11 is 5.86. The molecule has 6 nitrogen and oxygen atoms in total. The molecule has 0 aliphatic carbocycles. The van der Waals surface area contributed by atoms with Gasteiger partial charge in [0.15, 0.2) is 0 Å². The number of carbonyl (C=O) groups is 1. The standard InChI is InChI=1S/C22H21ClFN3O3/c23-16-3-1-14(2-4-16)11-26-22(29)18-12-25-20-17(21(18)28)9-15(10-19(20)24)13-27-5-7-30-8-6-27/h1-4,9-10,12H,5-8,11,13H2,(H,25,28)(H,26,29). The fourth-order valence-electron chi connectivity index (χ4n) is 3.50. The van der Waals surface area contributed by atoms with Crippen LogP contribution in [0.25, 0.3) is 10.9 Å². The average Bonchev–Trinajstić information content (AvgIpc) is 2.75. The first-order chi connectivity index (χ1) is 14.5. The molecule has 156 valence electrons. The summed E-state index contributed by atoms with van der Waals surface area (Å²) in [6.07, 6.45) is 1.26. The van der Waals surface area contributed by atoms with E-state index < -0.39 is 17.2 Å². The van der Waals surface area contributed by atoms with Crippen molar-refractivity contribution in [1.29, 1.82) is 0 Å². The number of aromatic amines is 1. The molecule has 1 saturated heterocycles. The summed E-state index contributed by atoms with van der Waals surface area (Å²) in [5.41, 5.74) is 1.08. The molecule has 4 rings (SSSR count). The zero-order valence-electron chi connectivity index (χ0n) is 16.2. The van der Waals surface area contributed by atoms with E-state index in [1.165, 1.54) is 12.3 Å². The second-order valence-electron chi connectivity index (χ2n) is 7.23. The molecule has 0 bridgehead atoms. The lowest BCUT2D eigenvalue weighted by molar-refractivity contribution is 0.0342. The molecule has 0 unspecified atom stereocenters. The molecule has 0 radical (unpaired) electrons. The molecular weight excluding hydrogens is 409 g/mol. The van der Waals surface area contributed by atoms with Gasteiger partial charge in [-0.2, -0.15) is 0 Å². The Morgan fingerprint density at radius 2 is 1.90 bits per heavy atom. The summed E-state index contributed by atoms with van der Waals surface area (Å²) in [4.78, 5) is 30.4. The molecular formula is C22H21ClFN3O3. The number of pyridine rings is 1. The number of aromatic nitrogens is 1. The molecule has 8 heteroatoms. The highest BCUT2D eigenvalue weighted by Gasteiger charge is 2.17. The molecule has 2 heterocycles. The topological polar surface area (TPSA) is 74.4 Å². The Balaban J connectivity index is 1.57. The predicted octanol–water partition coefficient (Wildman–Crippen LogP) is 3.08. The van der Waals surface area contributed by atoms with Crippen LogP contribution in [0.1, 0.15) is 21.5 Å². The minimum absolute atomic E-state index is 0.0561. The summed E-state index contributed by atoms with van der Waals surface area (Å²) in [5, 5.41) is 3.48. The Morgan fingerprint density at radius 1 is 1.17 bits per heavy atom. The van der Waals surface area contributed by atoms with Gasteiger partial charge in [-0.05, 0) is 35.4 Å². The van der Waals surface area contributed by atoms with Crippen molar-refractivity contribution in [3.05, 3.63) is 80.3 Å². The maximum atomic E-state index is 14.6. The van der Waals surface area contributed by atoms with E-state index in [1.54, 1.807) is 30.3 Å². The summed E-state index contributed by atoms with van der Waals surface area (Å²) in [5.74, 6) is -1.03. The van der Waals surface area contributed by atoms with Crippen LogP contribution in [0.4, 0.5) is 4.39 Å². The van der Waals surface area contributed by atoms with Crippen LogP contribution in [0.3, 0.4) is 0 Å². The molecule has 0 spiro atoms. The molecule has 0 atom stereocenters. The van der Waals surface area contributed by atoms with Crippen molar-refractivity contribution in [2.24, 2.45) is 0 Å². The van der Waals surface area contributed by atoms with Crippen molar-refractivity contribution in [1.82, 2.24) is 15.2 Å². The lowest BCUT2D eigenvalue weighted by atomic mass is 10.1. The van der Waals surface area contributed by atoms with Gasteiger partial charge in [0.25, 0.3) is 5.91 Å². The number of halogens is 2. The monoisotopic (exact) mass is 429 g/mol. The van der Waals surface area contributed by atoms with Gasteiger partial charge in [0.2, 0.25) is 5.43 Å². The minimum atomic E-state index is -0.521. The van der Waals surface area contributed by atoms with Gasteiger partial charge >= 0.3 is 0 Å². The number of rotatable bonds is 5. The second kappa shape index (κ2) is 8.95. The molecule has 2 N–H and O–H groups in total. The van der Waals surface area contributed by atoms with Crippen LogP contribution >= 0.6 is 11.6 Å². The van der Waals surface area contributed by atoms with E-state index in [0.717, 1.165) is 18.7 Å². The Labute approximate surface area is 177 Å². The van der Waals surface area contributed by atoms with Crippen molar-refractivity contribution >= 4 is 28.4 Å². The summed E-state index contributed by atoms with van der Waals surface area (Å²) < 4.78 is 19.9. The molecule has 1 aliphatic rings. The Morgan fingerprint density at radius 3 is 2.63 bits per heavy atom. The van der Waals surface area contributed by atoms with Crippen molar-refractivity contribution in [2.45, 2.75) is 13.1 Å². The molecule has 30 heavy (non-hydrogen) atoms. The molecule has 0 saturated carbocycles. The number of benzene rings is 2. The van der Waals surface area contributed by atoms with E-state index in [1.807, 2.05) is 0 Å². The third-order valence-corrected chi connectivity index (χ3v) is 5.37. The number of ether oxygens (including phenoxy) is 1. The van der Waals surface area contributed by atoms with Gasteiger partial charge in [-0.15, -0.1) is 0 Å². The molecule has 1 aliphatic heterocycles. The lowest BCUT2D eigenvalue weighted by Crippen LogP contribution is -2.35. The maximum Gasteiger partial charge on any atom is 0.257 e. The van der Waals surface area contributed by atoms with Crippen LogP contribution in [0.5, 0.6) is 0 Å². The minimum Gasteiger partial charge on any atom is -0.379 e. The number of nitrogens with one attached hydrogen (secondary N) is 2. The Kier molecular flexibility index (Phi) is 6.13. The number of morpholine rings is 1. The van der Waals surface area contributed by atoms with Crippen LogP contribution in [-0.4, -0.2) is 42.1 Å². The molecule has 1 fully saturated rings. The number of H-pyrrole nitrogens is 1. The highest BCUT2D eigenvalue weighted by atomic mass is 35.5. The third-order valence-electron chi connectivity index (χ3n) is 5.12. The number of fused-ring (bicyclic) bond motifs is 1.